The van der Waals surface area contributed by atoms with Gasteiger partial charge in [-0.05, 0) is 25.7 Å². The lowest BCUT2D eigenvalue weighted by molar-refractivity contribution is -0.0323. The maximum atomic E-state index is 9.93. The molecule has 0 saturated carbocycles. The molecule has 4 atom stereocenters. The van der Waals surface area contributed by atoms with Gasteiger partial charge in [0.15, 0.2) is 0 Å². The fourth-order valence-electron chi connectivity index (χ4n) is 3.93. The van der Waals surface area contributed by atoms with E-state index in [2.05, 4.69) is 10.6 Å². The second kappa shape index (κ2) is 13.3. The molecule has 1 rings (SSSR count). The van der Waals surface area contributed by atoms with Gasteiger partial charge in [-0.2, -0.15) is 0 Å². The molecule has 1 fully saturated rings. The number of aliphatic hydroxyl groups excluding tert-OH is 7. The van der Waals surface area contributed by atoms with Gasteiger partial charge in [0.05, 0.1) is 82.2 Å². The summed E-state index contributed by atoms with van der Waals surface area (Å²) in [5, 5.41) is 73.8. The molecule has 0 spiro atoms. The van der Waals surface area contributed by atoms with Crippen LogP contribution in [-0.4, -0.2) is 131 Å². The van der Waals surface area contributed by atoms with E-state index >= 15 is 0 Å². The van der Waals surface area contributed by atoms with Crippen LogP contribution >= 0.6 is 0 Å². The highest BCUT2D eigenvalue weighted by molar-refractivity contribution is 5.02. The Bertz CT molecular complexity index is 483. The van der Waals surface area contributed by atoms with Crippen LogP contribution in [0.4, 0.5) is 0 Å². The van der Waals surface area contributed by atoms with Gasteiger partial charge >= 0.3 is 0 Å². The summed E-state index contributed by atoms with van der Waals surface area (Å²) in [5.74, 6) is -0.0600. The Morgan fingerprint density at radius 3 is 2.00 bits per heavy atom. The standard InChI is InChI=1S/C20H42N2O9/c1-15(3-17(5-23)21-19(8-25,9-26)10-27)6-30-13-20(11-28,12-29)22-18(7-24)4-16(2)31-14-18/h15-17,21-29H,3-14H2,1-2H3. The van der Waals surface area contributed by atoms with Gasteiger partial charge in [0, 0.05) is 12.6 Å². The SMILES string of the molecule is CC(COCC(CO)(CO)NC1(CO)COC(C)C1)CC(CO)NC(CO)(CO)CO. The van der Waals surface area contributed by atoms with Crippen LogP contribution in [0.3, 0.4) is 0 Å². The molecule has 0 aliphatic carbocycles. The van der Waals surface area contributed by atoms with Crippen LogP contribution in [0.5, 0.6) is 0 Å². The predicted octanol–water partition coefficient (Wildman–Crippen LogP) is -3.45. The monoisotopic (exact) mass is 454 g/mol. The van der Waals surface area contributed by atoms with Crippen molar-refractivity contribution in [3.63, 3.8) is 0 Å². The van der Waals surface area contributed by atoms with Crippen molar-refractivity contribution < 1.29 is 45.2 Å². The number of aliphatic hydroxyl groups is 7. The first-order chi connectivity index (χ1) is 14.7. The molecule has 0 aromatic rings. The van der Waals surface area contributed by atoms with Gasteiger partial charge in [-0.15, -0.1) is 0 Å². The highest BCUT2D eigenvalue weighted by Crippen LogP contribution is 2.26. The van der Waals surface area contributed by atoms with Gasteiger partial charge in [-0.3, -0.25) is 5.32 Å². The highest BCUT2D eigenvalue weighted by atomic mass is 16.5. The fourth-order valence-corrected chi connectivity index (χ4v) is 3.93. The summed E-state index contributed by atoms with van der Waals surface area (Å²) in [6, 6.07) is -0.488. The van der Waals surface area contributed by atoms with Crippen molar-refractivity contribution in [2.24, 2.45) is 5.92 Å². The molecule has 31 heavy (non-hydrogen) atoms. The third kappa shape index (κ3) is 8.13. The van der Waals surface area contributed by atoms with Crippen molar-refractivity contribution >= 4 is 0 Å². The maximum Gasteiger partial charge on any atom is 0.0890 e. The first-order valence-electron chi connectivity index (χ1n) is 10.7. The minimum absolute atomic E-state index is 0.00838. The summed E-state index contributed by atoms with van der Waals surface area (Å²) < 4.78 is 11.3. The molecular weight excluding hydrogens is 412 g/mol. The number of rotatable bonds is 17. The summed E-state index contributed by atoms with van der Waals surface area (Å²) in [6.45, 7) is 1.54. The Kier molecular flexibility index (Phi) is 12.3. The van der Waals surface area contributed by atoms with Crippen LogP contribution in [0.25, 0.3) is 0 Å². The van der Waals surface area contributed by atoms with Crippen molar-refractivity contribution in [2.45, 2.75) is 55.5 Å². The van der Waals surface area contributed by atoms with E-state index in [1.807, 2.05) is 13.8 Å². The van der Waals surface area contributed by atoms with E-state index in [4.69, 9.17) is 9.47 Å². The smallest absolute Gasteiger partial charge is 0.0890 e. The lowest BCUT2D eigenvalue weighted by Crippen LogP contribution is -2.66. The maximum absolute atomic E-state index is 9.93. The van der Waals surface area contributed by atoms with E-state index < -0.39 is 55.7 Å². The molecule has 9 N–H and O–H groups in total. The highest BCUT2D eigenvalue weighted by Gasteiger charge is 2.44. The largest absolute Gasteiger partial charge is 0.395 e. The first kappa shape index (κ1) is 28.6. The second-order valence-corrected chi connectivity index (χ2v) is 9.12. The zero-order valence-corrected chi connectivity index (χ0v) is 18.7. The summed E-state index contributed by atoms with van der Waals surface area (Å²) in [4.78, 5) is 0. The van der Waals surface area contributed by atoms with Crippen LogP contribution in [0.15, 0.2) is 0 Å². The van der Waals surface area contributed by atoms with Gasteiger partial charge in [0.25, 0.3) is 0 Å². The second-order valence-electron chi connectivity index (χ2n) is 9.12. The Hall–Kier alpha value is -0.440. The van der Waals surface area contributed by atoms with Gasteiger partial charge in [0.2, 0.25) is 0 Å². The fraction of sp³-hybridized carbons (Fsp3) is 1.00. The van der Waals surface area contributed by atoms with Crippen LogP contribution in [0, 0.1) is 5.92 Å². The minimum atomic E-state index is -1.29. The van der Waals surface area contributed by atoms with Gasteiger partial charge in [-0.1, -0.05) is 6.92 Å². The van der Waals surface area contributed by atoms with Crippen LogP contribution in [-0.2, 0) is 9.47 Å². The number of hydrogen-bond donors (Lipinski definition) is 9. The molecule has 1 aliphatic rings. The van der Waals surface area contributed by atoms with E-state index in [0.717, 1.165) is 0 Å². The minimum Gasteiger partial charge on any atom is -0.395 e. The average molecular weight is 455 g/mol. The molecule has 4 unspecified atom stereocenters. The molecule has 11 heteroatoms. The van der Waals surface area contributed by atoms with E-state index in [9.17, 15) is 35.7 Å². The molecule has 1 saturated heterocycles. The van der Waals surface area contributed by atoms with Crippen LogP contribution < -0.4 is 10.6 Å². The molecule has 0 aromatic heterocycles. The van der Waals surface area contributed by atoms with Crippen LogP contribution in [0.1, 0.15) is 26.7 Å². The summed E-state index contributed by atoms with van der Waals surface area (Å²) in [6.07, 6.45) is 0.916. The zero-order valence-electron chi connectivity index (χ0n) is 18.7. The zero-order chi connectivity index (χ0) is 23.5. The van der Waals surface area contributed by atoms with Crippen molar-refractivity contribution in [1.82, 2.24) is 10.6 Å². The molecule has 0 bridgehead atoms. The van der Waals surface area contributed by atoms with Crippen LogP contribution in [0.2, 0.25) is 0 Å². The van der Waals surface area contributed by atoms with E-state index in [1.54, 1.807) is 0 Å². The summed E-state index contributed by atoms with van der Waals surface area (Å²) >= 11 is 0. The van der Waals surface area contributed by atoms with E-state index in [1.165, 1.54) is 0 Å². The molecule has 186 valence electrons. The molecule has 1 heterocycles. The third-order valence-electron chi connectivity index (χ3n) is 5.87. The third-order valence-corrected chi connectivity index (χ3v) is 5.87. The lowest BCUT2D eigenvalue weighted by Gasteiger charge is -2.40. The molecule has 11 nitrogen and oxygen atoms in total. The number of nitrogens with one attached hydrogen (secondary N) is 2. The topological polar surface area (TPSA) is 184 Å². The average Bonchev–Trinajstić information content (AvgIpc) is 3.16. The Morgan fingerprint density at radius 1 is 1.00 bits per heavy atom. The first-order valence-corrected chi connectivity index (χ1v) is 10.7. The number of hydrogen-bond acceptors (Lipinski definition) is 11. The molecule has 0 amide bonds. The Morgan fingerprint density at radius 2 is 1.58 bits per heavy atom. The van der Waals surface area contributed by atoms with Crippen molar-refractivity contribution in [2.75, 3.05) is 66.1 Å². The Labute approximate surface area is 184 Å². The number of ether oxygens (including phenoxy) is 2. The molecular formula is C20H42N2O9. The van der Waals surface area contributed by atoms with Gasteiger partial charge in [-0.25, -0.2) is 0 Å². The normalized spacial score (nSPS) is 24.5. The summed E-state index contributed by atoms with van der Waals surface area (Å²) in [7, 11) is 0. The summed E-state index contributed by atoms with van der Waals surface area (Å²) in [5.41, 5.74) is -3.22. The van der Waals surface area contributed by atoms with Gasteiger partial charge < -0.3 is 50.5 Å². The molecule has 1 aliphatic heterocycles. The van der Waals surface area contributed by atoms with Crippen molar-refractivity contribution in [1.29, 1.82) is 0 Å². The van der Waals surface area contributed by atoms with Crippen molar-refractivity contribution in [3.8, 4) is 0 Å². The molecule has 0 radical (unpaired) electrons. The molecule has 0 aromatic carbocycles. The predicted molar refractivity (Wildman–Crippen MR) is 112 cm³/mol. The van der Waals surface area contributed by atoms with E-state index in [0.29, 0.717) is 12.8 Å². The Balaban J connectivity index is 2.62. The van der Waals surface area contributed by atoms with Gasteiger partial charge in [0.1, 0.15) is 0 Å². The quantitative estimate of drug-likeness (QED) is 0.106. The van der Waals surface area contributed by atoms with Crippen molar-refractivity contribution in [3.05, 3.63) is 0 Å². The lowest BCUT2D eigenvalue weighted by atomic mass is 9.91. The van der Waals surface area contributed by atoms with E-state index in [-0.39, 0.29) is 45.1 Å².